The maximum absolute atomic E-state index is 9.59. The van der Waals surface area contributed by atoms with Crippen molar-refractivity contribution in [2.24, 2.45) is 10.9 Å². The summed E-state index contributed by atoms with van der Waals surface area (Å²) in [6.45, 7) is 4.35. The van der Waals surface area contributed by atoms with Crippen molar-refractivity contribution in [2.45, 2.75) is 33.1 Å². The number of H-pyrrole nitrogens is 1. The summed E-state index contributed by atoms with van der Waals surface area (Å²) in [5.74, 6) is 0.704. The average molecular weight is 333 g/mol. The highest BCUT2D eigenvalue weighted by Gasteiger charge is 2.23. The lowest BCUT2D eigenvalue weighted by Gasteiger charge is -2.17. The van der Waals surface area contributed by atoms with Crippen molar-refractivity contribution in [3.05, 3.63) is 51.5 Å². The Bertz CT molecular complexity index is 984. The van der Waals surface area contributed by atoms with E-state index in [-0.39, 0.29) is 0 Å². The standard InChI is InChI=1S/C20H19N3S/c1-12-7-8-15-16(10-21)20(24-19(15)9-12)22-11-17-13(2)23-18-6-4-3-5-14(17)18/h3-6,11-12,23H,7-9H2,1-2H3/b22-11+/t12-/m1/s1. The highest BCUT2D eigenvalue weighted by molar-refractivity contribution is 7.16. The van der Waals surface area contributed by atoms with Crippen LogP contribution in [0.2, 0.25) is 0 Å². The molecule has 0 saturated carbocycles. The van der Waals surface area contributed by atoms with Gasteiger partial charge in [-0.15, -0.1) is 11.3 Å². The predicted octanol–water partition coefficient (Wildman–Crippen LogP) is 5.28. The minimum absolute atomic E-state index is 0.704. The average Bonchev–Trinajstić information content (AvgIpc) is 3.08. The van der Waals surface area contributed by atoms with Crippen molar-refractivity contribution in [1.29, 1.82) is 5.26 Å². The monoisotopic (exact) mass is 333 g/mol. The number of aromatic nitrogens is 1. The zero-order chi connectivity index (χ0) is 16.7. The van der Waals surface area contributed by atoms with Gasteiger partial charge in [0.2, 0.25) is 0 Å². The normalized spacial score (nSPS) is 17.3. The van der Waals surface area contributed by atoms with E-state index in [2.05, 4.69) is 37.0 Å². The van der Waals surface area contributed by atoms with Crippen molar-refractivity contribution in [3.63, 3.8) is 0 Å². The van der Waals surface area contributed by atoms with Crippen LogP contribution in [0.1, 0.15) is 40.6 Å². The van der Waals surface area contributed by atoms with Gasteiger partial charge in [0.05, 0.1) is 5.56 Å². The molecular formula is C20H19N3S. The van der Waals surface area contributed by atoms with Crippen molar-refractivity contribution in [3.8, 4) is 6.07 Å². The Labute approximate surface area is 145 Å². The van der Waals surface area contributed by atoms with E-state index in [1.807, 2.05) is 18.3 Å². The maximum atomic E-state index is 9.59. The fraction of sp³-hybridized carbons (Fsp3) is 0.300. The smallest absolute Gasteiger partial charge is 0.134 e. The number of nitrogens with one attached hydrogen (secondary N) is 1. The van der Waals surface area contributed by atoms with Crippen molar-refractivity contribution < 1.29 is 0 Å². The molecule has 1 N–H and O–H groups in total. The van der Waals surface area contributed by atoms with E-state index in [0.29, 0.717) is 5.92 Å². The molecule has 1 aliphatic rings. The molecule has 0 bridgehead atoms. The van der Waals surface area contributed by atoms with E-state index in [4.69, 9.17) is 4.99 Å². The zero-order valence-corrected chi connectivity index (χ0v) is 14.7. The molecule has 0 fully saturated rings. The van der Waals surface area contributed by atoms with Crippen LogP contribution in [0.25, 0.3) is 10.9 Å². The zero-order valence-electron chi connectivity index (χ0n) is 13.9. The minimum Gasteiger partial charge on any atom is -0.358 e. The molecule has 120 valence electrons. The molecular weight excluding hydrogens is 314 g/mol. The number of para-hydroxylation sites is 1. The molecule has 0 unspecified atom stereocenters. The van der Waals surface area contributed by atoms with Crippen LogP contribution in [0.4, 0.5) is 5.00 Å². The van der Waals surface area contributed by atoms with Gasteiger partial charge in [0.15, 0.2) is 0 Å². The van der Waals surface area contributed by atoms with Gasteiger partial charge in [0.25, 0.3) is 0 Å². The van der Waals surface area contributed by atoms with Gasteiger partial charge in [-0.25, -0.2) is 4.99 Å². The summed E-state index contributed by atoms with van der Waals surface area (Å²) in [6.07, 6.45) is 5.17. The second-order valence-corrected chi connectivity index (χ2v) is 7.69. The lowest BCUT2D eigenvalue weighted by atomic mass is 9.89. The maximum Gasteiger partial charge on any atom is 0.134 e. The van der Waals surface area contributed by atoms with Crippen LogP contribution in [-0.2, 0) is 12.8 Å². The first kappa shape index (κ1) is 15.2. The second-order valence-electron chi connectivity index (χ2n) is 6.61. The lowest BCUT2D eigenvalue weighted by molar-refractivity contribution is 0.507. The summed E-state index contributed by atoms with van der Waals surface area (Å²) in [4.78, 5) is 9.46. The number of hydrogen-bond acceptors (Lipinski definition) is 3. The van der Waals surface area contributed by atoms with Gasteiger partial charge in [-0.05, 0) is 43.7 Å². The third-order valence-corrected chi connectivity index (χ3v) is 6.02. The van der Waals surface area contributed by atoms with Gasteiger partial charge in [-0.1, -0.05) is 25.1 Å². The molecule has 4 heteroatoms. The quantitative estimate of drug-likeness (QED) is 0.637. The number of fused-ring (bicyclic) bond motifs is 2. The van der Waals surface area contributed by atoms with E-state index >= 15 is 0 Å². The van der Waals surface area contributed by atoms with Crippen LogP contribution in [-0.4, -0.2) is 11.2 Å². The number of benzene rings is 1. The molecule has 3 aromatic rings. The molecule has 0 spiro atoms. The lowest BCUT2D eigenvalue weighted by Crippen LogP contribution is -2.09. The molecule has 2 heterocycles. The van der Waals surface area contributed by atoms with E-state index in [1.165, 1.54) is 22.2 Å². The molecule has 24 heavy (non-hydrogen) atoms. The number of thiophene rings is 1. The molecule has 3 nitrogen and oxygen atoms in total. The van der Waals surface area contributed by atoms with Crippen molar-refractivity contribution in [1.82, 2.24) is 4.98 Å². The van der Waals surface area contributed by atoms with E-state index in [0.717, 1.165) is 40.2 Å². The Morgan fingerprint density at radius 3 is 3.04 bits per heavy atom. The second kappa shape index (κ2) is 5.92. The van der Waals surface area contributed by atoms with Gasteiger partial charge in [-0.3, -0.25) is 0 Å². The number of nitrogens with zero attached hydrogens (tertiary/aromatic N) is 2. The fourth-order valence-corrected chi connectivity index (χ4v) is 4.84. The summed E-state index contributed by atoms with van der Waals surface area (Å²) in [6, 6.07) is 10.6. The first-order valence-corrected chi connectivity index (χ1v) is 9.15. The number of hydrogen-bond donors (Lipinski definition) is 1. The van der Waals surface area contributed by atoms with E-state index < -0.39 is 0 Å². The molecule has 0 amide bonds. The SMILES string of the molecule is Cc1[nH]c2ccccc2c1/C=N/c1sc2c(c1C#N)CC[C@@H](C)C2. The van der Waals surface area contributed by atoms with Crippen LogP contribution in [0, 0.1) is 24.2 Å². The Morgan fingerprint density at radius 1 is 1.38 bits per heavy atom. The minimum atomic E-state index is 0.704. The van der Waals surface area contributed by atoms with Crippen LogP contribution < -0.4 is 0 Å². The molecule has 0 aliphatic heterocycles. The molecule has 0 radical (unpaired) electrons. The summed E-state index contributed by atoms with van der Waals surface area (Å²) in [7, 11) is 0. The summed E-state index contributed by atoms with van der Waals surface area (Å²) in [5.41, 5.74) is 5.36. The highest BCUT2D eigenvalue weighted by Crippen LogP contribution is 2.40. The molecule has 1 atom stereocenters. The summed E-state index contributed by atoms with van der Waals surface area (Å²) in [5, 5.41) is 11.6. The Morgan fingerprint density at radius 2 is 2.21 bits per heavy atom. The molecule has 1 aliphatic carbocycles. The number of aliphatic imine (C=N–C) groups is 1. The summed E-state index contributed by atoms with van der Waals surface area (Å²) >= 11 is 1.69. The number of nitriles is 1. The molecule has 4 rings (SSSR count). The Hall–Kier alpha value is -2.38. The predicted molar refractivity (Wildman–Crippen MR) is 101 cm³/mol. The largest absolute Gasteiger partial charge is 0.358 e. The first-order valence-electron chi connectivity index (χ1n) is 8.33. The van der Waals surface area contributed by atoms with Crippen LogP contribution in [0.5, 0.6) is 0 Å². The molecule has 0 saturated heterocycles. The van der Waals surface area contributed by atoms with Gasteiger partial charge in [0, 0.05) is 33.3 Å². The molecule has 2 aromatic heterocycles. The van der Waals surface area contributed by atoms with Crippen molar-refractivity contribution >= 4 is 33.5 Å². The third kappa shape index (κ3) is 2.46. The fourth-order valence-electron chi connectivity index (χ4n) is 3.53. The molecule has 1 aromatic carbocycles. The number of aromatic amines is 1. The Kier molecular flexibility index (Phi) is 3.74. The van der Waals surface area contributed by atoms with E-state index in [9.17, 15) is 5.26 Å². The van der Waals surface area contributed by atoms with Crippen molar-refractivity contribution in [2.75, 3.05) is 0 Å². The van der Waals surface area contributed by atoms with Gasteiger partial charge >= 0.3 is 0 Å². The van der Waals surface area contributed by atoms with Crippen LogP contribution in [0.3, 0.4) is 0 Å². The van der Waals surface area contributed by atoms with Gasteiger partial charge < -0.3 is 4.98 Å². The van der Waals surface area contributed by atoms with Crippen LogP contribution >= 0.6 is 11.3 Å². The van der Waals surface area contributed by atoms with Gasteiger partial charge in [-0.2, -0.15) is 5.26 Å². The van der Waals surface area contributed by atoms with Crippen LogP contribution in [0.15, 0.2) is 29.3 Å². The Balaban J connectivity index is 1.77. The number of rotatable bonds is 2. The highest BCUT2D eigenvalue weighted by atomic mass is 32.1. The summed E-state index contributed by atoms with van der Waals surface area (Å²) < 4.78 is 0. The number of aryl methyl sites for hydroxylation is 1. The third-order valence-electron chi connectivity index (χ3n) is 4.86. The first-order chi connectivity index (χ1) is 11.7. The van der Waals surface area contributed by atoms with Gasteiger partial charge in [0.1, 0.15) is 11.1 Å². The van der Waals surface area contributed by atoms with E-state index in [1.54, 1.807) is 11.3 Å². The topological polar surface area (TPSA) is 51.9 Å².